The maximum Gasteiger partial charge on any atom is 0.255 e. The van der Waals surface area contributed by atoms with Crippen LogP contribution in [-0.4, -0.2) is 42.1 Å². The van der Waals surface area contributed by atoms with Gasteiger partial charge in [0.15, 0.2) is 0 Å². The minimum Gasteiger partial charge on any atom is -0.348 e. The lowest BCUT2D eigenvalue weighted by atomic mass is 9.77. The highest BCUT2D eigenvalue weighted by Gasteiger charge is 2.44. The molecule has 7 heteroatoms. The summed E-state index contributed by atoms with van der Waals surface area (Å²) in [6.07, 6.45) is 3.67. The Kier molecular flexibility index (Phi) is 4.72. The van der Waals surface area contributed by atoms with Crippen LogP contribution in [0.25, 0.3) is 0 Å². The number of nitrogens with zero attached hydrogens (tertiary/aromatic N) is 3. The predicted molar refractivity (Wildman–Crippen MR) is 105 cm³/mol. The molecular formula is C20H24ClFN4O. The summed E-state index contributed by atoms with van der Waals surface area (Å²) in [7, 11) is 3.75. The molecule has 2 aromatic rings. The first kappa shape index (κ1) is 18.4. The number of likely N-dealkylation sites (tertiary alicyclic amines) is 1. The van der Waals surface area contributed by atoms with Crippen LogP contribution >= 0.6 is 11.6 Å². The summed E-state index contributed by atoms with van der Waals surface area (Å²) < 4.78 is 14.2. The summed E-state index contributed by atoms with van der Waals surface area (Å²) in [5.74, 6) is 0.327. The van der Waals surface area contributed by atoms with Crippen molar-refractivity contribution in [1.82, 2.24) is 14.9 Å². The number of rotatable bonds is 3. The molecule has 1 spiro atoms. The summed E-state index contributed by atoms with van der Waals surface area (Å²) in [6, 6.07) is 4.82. The van der Waals surface area contributed by atoms with Gasteiger partial charge in [0.25, 0.3) is 5.56 Å². The highest BCUT2D eigenvalue weighted by atomic mass is 35.5. The van der Waals surface area contributed by atoms with E-state index in [1.165, 1.54) is 6.07 Å². The molecule has 1 fully saturated rings. The Bertz CT molecular complexity index is 908. The fourth-order valence-electron chi connectivity index (χ4n) is 4.52. The van der Waals surface area contributed by atoms with Crippen molar-refractivity contribution in [2.45, 2.75) is 37.6 Å². The van der Waals surface area contributed by atoms with Crippen LogP contribution in [0.2, 0.25) is 5.02 Å². The van der Waals surface area contributed by atoms with Gasteiger partial charge < -0.3 is 4.90 Å². The molecule has 1 saturated heterocycles. The van der Waals surface area contributed by atoms with Crippen molar-refractivity contribution < 1.29 is 4.39 Å². The number of aromatic amines is 1. The Balaban J connectivity index is 1.66. The van der Waals surface area contributed by atoms with Gasteiger partial charge in [-0.05, 0) is 44.4 Å². The number of nitrogens with one attached hydrogen (secondary N) is 1. The number of benzene rings is 1. The van der Waals surface area contributed by atoms with Gasteiger partial charge in [0.1, 0.15) is 5.82 Å². The van der Waals surface area contributed by atoms with Crippen molar-refractivity contribution in [2.75, 3.05) is 32.1 Å². The fourth-order valence-corrected chi connectivity index (χ4v) is 4.74. The maximum atomic E-state index is 14.2. The molecular weight excluding hydrogens is 367 g/mol. The number of fused-ring (bicyclic) bond motifs is 2. The fraction of sp³-hybridized carbons (Fsp3) is 0.500. The van der Waals surface area contributed by atoms with Gasteiger partial charge in [0.2, 0.25) is 5.95 Å². The van der Waals surface area contributed by atoms with Crippen LogP contribution in [0.4, 0.5) is 10.3 Å². The van der Waals surface area contributed by atoms with Crippen molar-refractivity contribution in [3.05, 3.63) is 56.2 Å². The van der Waals surface area contributed by atoms with Gasteiger partial charge in [-0.2, -0.15) is 0 Å². The standard InChI is InChI=1S/C20H24ClFN4O/c1-25(2)19-23-17-13(18(27)24-19)7-9-20(17)8-4-10-26(12-20)11-14-15(21)5-3-6-16(14)22/h3,5-6H,4,7-12H2,1-2H3,(H,23,24,27). The van der Waals surface area contributed by atoms with Crippen LogP contribution in [0, 0.1) is 5.82 Å². The van der Waals surface area contributed by atoms with E-state index in [4.69, 9.17) is 16.6 Å². The zero-order valence-electron chi connectivity index (χ0n) is 15.7. The lowest BCUT2D eigenvalue weighted by Crippen LogP contribution is -2.45. The zero-order valence-corrected chi connectivity index (χ0v) is 16.4. The zero-order chi connectivity index (χ0) is 19.2. The average molecular weight is 391 g/mol. The molecule has 1 aliphatic heterocycles. The molecule has 1 aromatic heterocycles. The van der Waals surface area contributed by atoms with E-state index >= 15 is 0 Å². The number of anilines is 1. The molecule has 0 saturated carbocycles. The highest BCUT2D eigenvalue weighted by molar-refractivity contribution is 6.31. The van der Waals surface area contributed by atoms with Crippen LogP contribution in [0.3, 0.4) is 0 Å². The van der Waals surface area contributed by atoms with Crippen LogP contribution in [0.5, 0.6) is 0 Å². The third-order valence-electron chi connectivity index (χ3n) is 5.88. The Morgan fingerprint density at radius 2 is 2.19 bits per heavy atom. The van der Waals surface area contributed by atoms with Crippen molar-refractivity contribution in [3.8, 4) is 0 Å². The monoisotopic (exact) mass is 390 g/mol. The largest absolute Gasteiger partial charge is 0.348 e. The van der Waals surface area contributed by atoms with Gasteiger partial charge in [0, 0.05) is 48.7 Å². The SMILES string of the molecule is CN(C)c1nc2c(c(=O)[nH]1)CCC21CCCN(Cc2c(F)cccc2Cl)C1. The third-order valence-corrected chi connectivity index (χ3v) is 6.24. The second-order valence-corrected chi connectivity index (χ2v) is 8.31. The second-order valence-electron chi connectivity index (χ2n) is 7.91. The van der Waals surface area contributed by atoms with E-state index in [-0.39, 0.29) is 16.8 Å². The van der Waals surface area contributed by atoms with Gasteiger partial charge >= 0.3 is 0 Å². The highest BCUT2D eigenvalue weighted by Crippen LogP contribution is 2.43. The predicted octanol–water partition coefficient (Wildman–Crippen LogP) is 3.11. The van der Waals surface area contributed by atoms with E-state index in [1.54, 1.807) is 12.1 Å². The number of aromatic nitrogens is 2. The molecule has 2 aliphatic rings. The van der Waals surface area contributed by atoms with Crippen LogP contribution in [-0.2, 0) is 18.4 Å². The van der Waals surface area contributed by atoms with Crippen LogP contribution in [0.15, 0.2) is 23.0 Å². The lowest BCUT2D eigenvalue weighted by Gasteiger charge is -2.40. The molecule has 27 heavy (non-hydrogen) atoms. The van der Waals surface area contributed by atoms with Crippen LogP contribution in [0.1, 0.15) is 36.1 Å². The minimum atomic E-state index is -0.265. The van der Waals surface area contributed by atoms with Gasteiger partial charge in [-0.25, -0.2) is 9.37 Å². The Labute approximate surface area is 163 Å². The van der Waals surface area contributed by atoms with E-state index in [0.717, 1.165) is 50.0 Å². The van der Waals surface area contributed by atoms with Gasteiger partial charge in [-0.3, -0.25) is 14.7 Å². The molecule has 1 unspecified atom stereocenters. The van der Waals surface area contributed by atoms with E-state index in [9.17, 15) is 9.18 Å². The Hall–Kier alpha value is -1.92. The Morgan fingerprint density at radius 3 is 2.93 bits per heavy atom. The van der Waals surface area contributed by atoms with Crippen LogP contribution < -0.4 is 10.5 Å². The summed E-state index contributed by atoms with van der Waals surface area (Å²) in [6.45, 7) is 2.14. The number of hydrogen-bond donors (Lipinski definition) is 1. The lowest BCUT2D eigenvalue weighted by molar-refractivity contribution is 0.135. The van der Waals surface area contributed by atoms with Crippen molar-refractivity contribution >= 4 is 17.5 Å². The summed E-state index contributed by atoms with van der Waals surface area (Å²) >= 11 is 6.23. The summed E-state index contributed by atoms with van der Waals surface area (Å²) in [4.78, 5) is 24.3. The topological polar surface area (TPSA) is 52.2 Å². The summed E-state index contributed by atoms with van der Waals surface area (Å²) in [5.41, 5.74) is 2.12. The number of hydrogen-bond acceptors (Lipinski definition) is 4. The summed E-state index contributed by atoms with van der Waals surface area (Å²) in [5, 5.41) is 0.464. The molecule has 5 nitrogen and oxygen atoms in total. The van der Waals surface area contributed by atoms with Gasteiger partial charge in [0.05, 0.1) is 5.69 Å². The number of H-pyrrole nitrogens is 1. The number of piperidine rings is 1. The quantitative estimate of drug-likeness (QED) is 0.874. The molecule has 1 aromatic carbocycles. The van der Waals surface area contributed by atoms with Crippen molar-refractivity contribution in [2.24, 2.45) is 0 Å². The van der Waals surface area contributed by atoms with E-state index < -0.39 is 0 Å². The van der Waals surface area contributed by atoms with Crippen molar-refractivity contribution in [1.29, 1.82) is 0 Å². The first-order chi connectivity index (χ1) is 12.9. The molecule has 144 valence electrons. The Morgan fingerprint density at radius 1 is 1.37 bits per heavy atom. The molecule has 0 bridgehead atoms. The normalized spacial score (nSPS) is 22.2. The third kappa shape index (κ3) is 3.25. The van der Waals surface area contributed by atoms with E-state index in [2.05, 4.69) is 9.88 Å². The van der Waals surface area contributed by atoms with Gasteiger partial charge in [-0.1, -0.05) is 17.7 Å². The smallest absolute Gasteiger partial charge is 0.255 e. The average Bonchev–Trinajstić information content (AvgIpc) is 2.97. The number of halogens is 2. The molecule has 1 atom stereocenters. The second kappa shape index (κ2) is 6.91. The molecule has 1 aliphatic carbocycles. The molecule has 4 rings (SSSR count). The molecule has 0 radical (unpaired) electrons. The van der Waals surface area contributed by atoms with E-state index in [1.807, 2.05) is 19.0 Å². The molecule has 0 amide bonds. The van der Waals surface area contributed by atoms with E-state index in [0.29, 0.717) is 23.1 Å². The molecule has 1 N–H and O–H groups in total. The van der Waals surface area contributed by atoms with Gasteiger partial charge in [-0.15, -0.1) is 0 Å². The molecule has 2 heterocycles. The maximum absolute atomic E-state index is 14.2. The first-order valence-electron chi connectivity index (χ1n) is 9.36. The van der Waals surface area contributed by atoms with Crippen molar-refractivity contribution in [3.63, 3.8) is 0 Å². The minimum absolute atomic E-state index is 0.0325. The first-order valence-corrected chi connectivity index (χ1v) is 9.74.